The number of likely N-dealkylation sites (N-methyl/N-ethyl adjacent to an activating group) is 1. The Morgan fingerprint density at radius 3 is 2.61 bits per heavy atom. The van der Waals surface area contributed by atoms with Crippen molar-refractivity contribution in [3.05, 3.63) is 29.8 Å². The minimum Gasteiger partial charge on any atom is -0.493 e. The molecule has 0 aliphatic carbocycles. The second-order valence-electron chi connectivity index (χ2n) is 3.65. The van der Waals surface area contributed by atoms with Crippen molar-refractivity contribution in [2.75, 3.05) is 13.2 Å². The van der Waals surface area contributed by atoms with Crippen molar-refractivity contribution < 1.29 is 19.4 Å². The van der Waals surface area contributed by atoms with Gasteiger partial charge >= 0.3 is 5.97 Å². The van der Waals surface area contributed by atoms with Crippen LogP contribution in [0.5, 0.6) is 5.75 Å². The number of carbonyl (C=O) groups is 2. The molecule has 0 spiro atoms. The van der Waals surface area contributed by atoms with Crippen molar-refractivity contribution in [1.29, 1.82) is 0 Å². The fraction of sp³-hybridized carbons (Fsp3) is 0.385. The minimum absolute atomic E-state index is 0.320. The molecule has 1 aromatic rings. The van der Waals surface area contributed by atoms with Gasteiger partial charge in [0.25, 0.3) is 0 Å². The van der Waals surface area contributed by atoms with Crippen molar-refractivity contribution in [1.82, 2.24) is 4.90 Å². The van der Waals surface area contributed by atoms with Crippen LogP contribution in [0, 0.1) is 0 Å². The number of carboxylic acids is 1. The van der Waals surface area contributed by atoms with Gasteiger partial charge in [-0.05, 0) is 19.9 Å². The van der Waals surface area contributed by atoms with Crippen LogP contribution in [0.4, 0.5) is 0 Å². The first-order chi connectivity index (χ1) is 8.65. The number of amides is 1. The molecule has 0 aromatic heterocycles. The van der Waals surface area contributed by atoms with E-state index in [-0.39, 0.29) is 0 Å². The molecule has 1 unspecified atom stereocenters. The summed E-state index contributed by atoms with van der Waals surface area (Å²) in [7, 11) is 0. The summed E-state index contributed by atoms with van der Waals surface area (Å²) in [5, 5.41) is 9.30. The van der Waals surface area contributed by atoms with Gasteiger partial charge in [-0.3, -0.25) is 4.79 Å². The molecule has 0 radical (unpaired) electrons. The molecular weight excluding hydrogens is 234 g/mol. The van der Waals surface area contributed by atoms with Gasteiger partial charge in [0.05, 0.1) is 6.61 Å². The Labute approximate surface area is 106 Å². The van der Waals surface area contributed by atoms with Crippen molar-refractivity contribution in [3.63, 3.8) is 0 Å². The molecule has 0 saturated carbocycles. The molecule has 0 aliphatic rings. The summed E-state index contributed by atoms with van der Waals surface area (Å²) in [5.41, 5.74) is 0.487. The number of hydrogen-bond acceptors (Lipinski definition) is 3. The number of ether oxygens (including phenoxy) is 1. The summed E-state index contributed by atoms with van der Waals surface area (Å²) in [6, 6.07) is 5.84. The zero-order chi connectivity index (χ0) is 13.5. The Bertz CT molecular complexity index is 419. The zero-order valence-electron chi connectivity index (χ0n) is 10.5. The van der Waals surface area contributed by atoms with Gasteiger partial charge in [0, 0.05) is 12.1 Å². The van der Waals surface area contributed by atoms with Gasteiger partial charge in [-0.2, -0.15) is 0 Å². The predicted molar refractivity (Wildman–Crippen MR) is 66.4 cm³/mol. The van der Waals surface area contributed by atoms with Gasteiger partial charge in [-0.1, -0.05) is 18.2 Å². The molecule has 0 saturated heterocycles. The van der Waals surface area contributed by atoms with E-state index >= 15 is 0 Å². The minimum atomic E-state index is -1.07. The summed E-state index contributed by atoms with van der Waals surface area (Å²) in [4.78, 5) is 23.5. The van der Waals surface area contributed by atoms with E-state index in [9.17, 15) is 14.7 Å². The first-order valence-electron chi connectivity index (χ1n) is 5.81. The molecule has 0 bridgehead atoms. The van der Waals surface area contributed by atoms with E-state index in [1.165, 1.54) is 4.90 Å². The Hall–Kier alpha value is -2.04. The fourth-order valence-electron chi connectivity index (χ4n) is 1.76. The lowest BCUT2D eigenvalue weighted by atomic mass is 10.0. The highest BCUT2D eigenvalue weighted by atomic mass is 16.5. The Kier molecular flexibility index (Phi) is 5.17. The van der Waals surface area contributed by atoms with E-state index in [0.717, 1.165) is 0 Å². The molecule has 1 atom stereocenters. The molecule has 1 rings (SSSR count). The van der Waals surface area contributed by atoms with Crippen LogP contribution in [-0.2, 0) is 9.59 Å². The molecular formula is C13H17NO4. The van der Waals surface area contributed by atoms with Crippen LogP contribution in [0.2, 0.25) is 0 Å². The topological polar surface area (TPSA) is 66.8 Å². The highest BCUT2D eigenvalue weighted by Gasteiger charge is 2.28. The maximum absolute atomic E-state index is 11.4. The second kappa shape index (κ2) is 6.64. The summed E-state index contributed by atoms with van der Waals surface area (Å²) in [5.74, 6) is -0.580. The molecule has 1 amide bonds. The number of carbonyl (C=O) groups excluding carboxylic acids is 1. The number of para-hydroxylation sites is 1. The van der Waals surface area contributed by atoms with Crippen molar-refractivity contribution in [3.8, 4) is 5.75 Å². The van der Waals surface area contributed by atoms with E-state index in [2.05, 4.69) is 0 Å². The fourth-order valence-corrected chi connectivity index (χ4v) is 1.76. The molecule has 5 nitrogen and oxygen atoms in total. The average Bonchev–Trinajstić information content (AvgIpc) is 2.37. The third kappa shape index (κ3) is 3.00. The summed E-state index contributed by atoms with van der Waals surface area (Å²) >= 11 is 0. The van der Waals surface area contributed by atoms with Gasteiger partial charge in [0.15, 0.2) is 6.04 Å². The van der Waals surface area contributed by atoms with Gasteiger partial charge in [-0.15, -0.1) is 0 Å². The second-order valence-corrected chi connectivity index (χ2v) is 3.65. The first kappa shape index (κ1) is 14.0. The number of nitrogens with zero attached hydrogens (tertiary/aromatic N) is 1. The molecule has 1 aromatic carbocycles. The highest BCUT2D eigenvalue weighted by Crippen LogP contribution is 2.29. The quantitative estimate of drug-likeness (QED) is 0.749. The SMILES string of the molecule is CCOc1ccccc1C(C(=O)O)N(C=O)CC. The van der Waals surface area contributed by atoms with Gasteiger partial charge < -0.3 is 14.7 Å². The Morgan fingerprint density at radius 1 is 1.44 bits per heavy atom. The lowest BCUT2D eigenvalue weighted by Gasteiger charge is -2.25. The highest BCUT2D eigenvalue weighted by molar-refractivity contribution is 5.79. The van der Waals surface area contributed by atoms with Crippen LogP contribution in [0.1, 0.15) is 25.5 Å². The summed E-state index contributed by atoms with van der Waals surface area (Å²) in [6.45, 7) is 4.31. The van der Waals surface area contributed by atoms with Crippen LogP contribution < -0.4 is 4.74 Å². The lowest BCUT2D eigenvalue weighted by Crippen LogP contribution is -2.33. The van der Waals surface area contributed by atoms with Crippen LogP contribution in [0.15, 0.2) is 24.3 Å². The maximum atomic E-state index is 11.4. The van der Waals surface area contributed by atoms with E-state index in [1.54, 1.807) is 31.2 Å². The van der Waals surface area contributed by atoms with Crippen LogP contribution in [0.25, 0.3) is 0 Å². The normalized spacial score (nSPS) is 11.7. The number of aliphatic carboxylic acids is 1. The van der Waals surface area contributed by atoms with Crippen LogP contribution in [0.3, 0.4) is 0 Å². The molecule has 5 heteroatoms. The van der Waals surface area contributed by atoms with Crippen molar-refractivity contribution in [2.24, 2.45) is 0 Å². The van der Waals surface area contributed by atoms with E-state index in [1.807, 2.05) is 6.92 Å². The van der Waals surface area contributed by atoms with E-state index in [4.69, 9.17) is 4.74 Å². The summed E-state index contributed by atoms with van der Waals surface area (Å²) in [6.07, 6.45) is 0.543. The van der Waals surface area contributed by atoms with Crippen molar-refractivity contribution >= 4 is 12.4 Å². The molecule has 18 heavy (non-hydrogen) atoms. The summed E-state index contributed by atoms with van der Waals surface area (Å²) < 4.78 is 5.40. The Balaban J connectivity index is 3.20. The largest absolute Gasteiger partial charge is 0.493 e. The number of hydrogen-bond donors (Lipinski definition) is 1. The smallest absolute Gasteiger partial charge is 0.331 e. The van der Waals surface area contributed by atoms with Crippen LogP contribution in [-0.4, -0.2) is 35.5 Å². The molecule has 1 N–H and O–H groups in total. The van der Waals surface area contributed by atoms with E-state index in [0.29, 0.717) is 30.9 Å². The van der Waals surface area contributed by atoms with Crippen molar-refractivity contribution in [2.45, 2.75) is 19.9 Å². The molecule has 0 heterocycles. The monoisotopic (exact) mass is 251 g/mol. The number of rotatable bonds is 7. The maximum Gasteiger partial charge on any atom is 0.331 e. The van der Waals surface area contributed by atoms with Gasteiger partial charge in [-0.25, -0.2) is 4.79 Å². The number of benzene rings is 1. The molecule has 0 aliphatic heterocycles. The average molecular weight is 251 g/mol. The number of carboxylic acid groups (broad SMARTS) is 1. The third-order valence-corrected chi connectivity index (χ3v) is 2.58. The molecule has 98 valence electrons. The third-order valence-electron chi connectivity index (χ3n) is 2.58. The standard InChI is InChI=1S/C13H17NO4/c1-3-14(9-15)12(13(16)17)10-7-5-6-8-11(10)18-4-2/h5-9,12H,3-4H2,1-2H3,(H,16,17). The van der Waals surface area contributed by atoms with E-state index < -0.39 is 12.0 Å². The molecule has 0 fully saturated rings. The predicted octanol–water partition coefficient (Wildman–Crippen LogP) is 1.69. The van der Waals surface area contributed by atoms with Gasteiger partial charge in [0.1, 0.15) is 5.75 Å². The lowest BCUT2D eigenvalue weighted by molar-refractivity contribution is -0.146. The van der Waals surface area contributed by atoms with Crippen LogP contribution >= 0.6 is 0 Å². The van der Waals surface area contributed by atoms with Gasteiger partial charge in [0.2, 0.25) is 6.41 Å². The zero-order valence-corrected chi connectivity index (χ0v) is 10.5. The Morgan fingerprint density at radius 2 is 2.11 bits per heavy atom. The first-order valence-corrected chi connectivity index (χ1v) is 5.81.